The summed E-state index contributed by atoms with van der Waals surface area (Å²) in [5, 5.41) is 17.4. The molecule has 39 heavy (non-hydrogen) atoms. The molecule has 0 saturated heterocycles. The van der Waals surface area contributed by atoms with Gasteiger partial charge in [0.1, 0.15) is 12.4 Å². The minimum absolute atomic E-state index is 0.0652. The second-order valence-corrected chi connectivity index (χ2v) is 9.15. The summed E-state index contributed by atoms with van der Waals surface area (Å²) < 4.78 is 47.7. The van der Waals surface area contributed by atoms with Crippen LogP contribution in [0.5, 0.6) is 0 Å². The van der Waals surface area contributed by atoms with E-state index in [2.05, 4.69) is 41.3 Å². The predicted molar refractivity (Wildman–Crippen MR) is 129 cm³/mol. The summed E-state index contributed by atoms with van der Waals surface area (Å²) in [5.41, 5.74) is 0.270. The van der Waals surface area contributed by atoms with Crippen LogP contribution < -0.4 is 16.0 Å². The van der Waals surface area contributed by atoms with E-state index in [4.69, 9.17) is 4.52 Å². The van der Waals surface area contributed by atoms with Gasteiger partial charge in [0.25, 0.3) is 5.91 Å². The standard InChI is InChI=1S/C24H27F3N8O4/c1-3-16(19(36)23(38)31-15-8-9-15)33-22(37)17(10-18-28-11-29-34-18)32-20(24(25,26)27)13-4-6-14(7-5-13)21-30-12(2)39-35-21/h4-7,11,15-17,20,32H,3,8-10H2,1-2H3,(H,31,38)(H,33,37)(H,28,29,34)/t16-,17-,20-/m0/s1. The van der Waals surface area contributed by atoms with E-state index in [-0.39, 0.29) is 36.1 Å². The van der Waals surface area contributed by atoms with Crippen LogP contribution in [0.25, 0.3) is 11.4 Å². The molecule has 1 aliphatic carbocycles. The fraction of sp³-hybridized carbons (Fsp3) is 0.458. The zero-order valence-electron chi connectivity index (χ0n) is 21.1. The average molecular weight is 549 g/mol. The molecule has 2 aromatic heterocycles. The Hall–Kier alpha value is -4.14. The van der Waals surface area contributed by atoms with Crippen molar-refractivity contribution in [1.82, 2.24) is 41.3 Å². The SMILES string of the molecule is CC[C@H](NC(=O)[C@H](Cc1nc[nH]n1)N[C@@H](c1ccc(-c2noc(C)n2)cc1)C(F)(F)F)C(=O)C(=O)NC1CC1. The first kappa shape index (κ1) is 27.9. The number of nitrogens with one attached hydrogen (secondary N) is 4. The van der Waals surface area contributed by atoms with Gasteiger partial charge in [0.2, 0.25) is 23.4 Å². The van der Waals surface area contributed by atoms with Crippen molar-refractivity contribution in [2.45, 2.75) is 69.9 Å². The lowest BCUT2D eigenvalue weighted by Crippen LogP contribution is -2.55. The van der Waals surface area contributed by atoms with Crippen LogP contribution in [0.15, 0.2) is 35.1 Å². The van der Waals surface area contributed by atoms with Gasteiger partial charge < -0.3 is 15.2 Å². The number of nitrogens with zero attached hydrogens (tertiary/aromatic N) is 4. The first-order chi connectivity index (χ1) is 18.5. The molecular formula is C24H27F3N8O4. The van der Waals surface area contributed by atoms with Gasteiger partial charge in [-0.3, -0.25) is 24.8 Å². The summed E-state index contributed by atoms with van der Waals surface area (Å²) >= 11 is 0. The summed E-state index contributed by atoms with van der Waals surface area (Å²) in [6.07, 6.45) is -2.30. The maximum absolute atomic E-state index is 14.2. The van der Waals surface area contributed by atoms with Crippen LogP contribution in [0.4, 0.5) is 13.2 Å². The summed E-state index contributed by atoms with van der Waals surface area (Å²) in [6.45, 7) is 3.17. The number of carbonyl (C=O) groups is 3. The molecule has 0 radical (unpaired) electrons. The predicted octanol–water partition coefficient (Wildman–Crippen LogP) is 1.71. The lowest BCUT2D eigenvalue weighted by atomic mass is 10.0. The number of Topliss-reactive ketones (excluding diaryl/α,β-unsaturated/α-hetero) is 1. The molecule has 0 aliphatic heterocycles. The van der Waals surface area contributed by atoms with Crippen molar-refractivity contribution in [3.63, 3.8) is 0 Å². The number of H-pyrrole nitrogens is 1. The van der Waals surface area contributed by atoms with E-state index in [1.165, 1.54) is 30.6 Å². The van der Waals surface area contributed by atoms with Gasteiger partial charge in [0.05, 0.1) is 12.1 Å². The van der Waals surface area contributed by atoms with Crippen LogP contribution >= 0.6 is 0 Å². The number of hydrogen-bond donors (Lipinski definition) is 4. The number of ketones is 1. The van der Waals surface area contributed by atoms with Crippen LogP contribution in [0, 0.1) is 6.92 Å². The Bertz CT molecular complexity index is 1290. The Morgan fingerprint density at radius 3 is 2.41 bits per heavy atom. The number of rotatable bonds is 12. The Morgan fingerprint density at radius 2 is 1.87 bits per heavy atom. The van der Waals surface area contributed by atoms with Crippen LogP contribution in [-0.4, -0.2) is 67.2 Å². The molecule has 3 aromatic rings. The molecule has 0 spiro atoms. The van der Waals surface area contributed by atoms with E-state index in [0.717, 1.165) is 12.8 Å². The van der Waals surface area contributed by atoms with Crippen molar-refractivity contribution < 1.29 is 32.1 Å². The quantitative estimate of drug-likeness (QED) is 0.246. The molecular weight excluding hydrogens is 521 g/mol. The van der Waals surface area contributed by atoms with Gasteiger partial charge >= 0.3 is 6.18 Å². The van der Waals surface area contributed by atoms with Gasteiger partial charge in [0.15, 0.2) is 5.82 Å². The number of carbonyl (C=O) groups excluding carboxylic acids is 3. The molecule has 3 atom stereocenters. The number of amides is 2. The summed E-state index contributed by atoms with van der Waals surface area (Å²) in [7, 11) is 0. The molecule has 0 bridgehead atoms. The number of benzene rings is 1. The van der Waals surface area contributed by atoms with E-state index in [1.807, 2.05) is 0 Å². The summed E-state index contributed by atoms with van der Waals surface area (Å²) in [5.74, 6) is -2.01. The van der Waals surface area contributed by atoms with Gasteiger partial charge in [0, 0.05) is 24.9 Å². The second-order valence-electron chi connectivity index (χ2n) is 9.15. The van der Waals surface area contributed by atoms with Crippen LogP contribution in [-0.2, 0) is 20.8 Å². The van der Waals surface area contributed by atoms with Gasteiger partial charge in [-0.1, -0.05) is 36.3 Å². The highest BCUT2D eigenvalue weighted by atomic mass is 19.4. The largest absolute Gasteiger partial charge is 0.407 e. The van der Waals surface area contributed by atoms with E-state index in [0.29, 0.717) is 11.5 Å². The van der Waals surface area contributed by atoms with E-state index in [9.17, 15) is 27.6 Å². The van der Waals surface area contributed by atoms with E-state index in [1.54, 1.807) is 13.8 Å². The van der Waals surface area contributed by atoms with E-state index >= 15 is 0 Å². The normalized spacial score (nSPS) is 15.8. The highest BCUT2D eigenvalue weighted by Crippen LogP contribution is 2.34. The Kier molecular flexibility index (Phi) is 8.38. The molecule has 1 fully saturated rings. The maximum Gasteiger partial charge on any atom is 0.407 e. The van der Waals surface area contributed by atoms with E-state index < -0.39 is 41.9 Å². The Labute approximate surface area is 220 Å². The van der Waals surface area contributed by atoms with Crippen LogP contribution in [0.2, 0.25) is 0 Å². The number of aromatic amines is 1. The minimum Gasteiger partial charge on any atom is -0.347 e. The van der Waals surface area contributed by atoms with Gasteiger partial charge in [-0.05, 0) is 24.8 Å². The van der Waals surface area contributed by atoms with Crippen molar-refractivity contribution in [2.24, 2.45) is 0 Å². The average Bonchev–Trinajstić information content (AvgIpc) is 3.36. The van der Waals surface area contributed by atoms with Crippen LogP contribution in [0.1, 0.15) is 49.5 Å². The highest BCUT2D eigenvalue weighted by molar-refractivity contribution is 6.38. The zero-order chi connectivity index (χ0) is 28.2. The van der Waals surface area contributed by atoms with Crippen molar-refractivity contribution in [3.05, 3.63) is 47.9 Å². The number of halogens is 3. The molecule has 1 saturated carbocycles. The second kappa shape index (κ2) is 11.7. The molecule has 4 rings (SSSR count). The number of alkyl halides is 3. The van der Waals surface area contributed by atoms with Gasteiger partial charge in [-0.25, -0.2) is 4.98 Å². The van der Waals surface area contributed by atoms with Crippen molar-refractivity contribution in [1.29, 1.82) is 0 Å². The smallest absolute Gasteiger partial charge is 0.347 e. The topological polar surface area (TPSA) is 168 Å². The third kappa shape index (κ3) is 7.25. The molecule has 1 aliphatic rings. The first-order valence-corrected chi connectivity index (χ1v) is 12.3. The third-order valence-electron chi connectivity index (χ3n) is 6.07. The van der Waals surface area contributed by atoms with Crippen LogP contribution in [0.3, 0.4) is 0 Å². The molecule has 0 unspecified atom stereocenters. The third-order valence-corrected chi connectivity index (χ3v) is 6.07. The minimum atomic E-state index is -4.80. The first-order valence-electron chi connectivity index (χ1n) is 12.3. The molecule has 4 N–H and O–H groups in total. The lowest BCUT2D eigenvalue weighted by Gasteiger charge is -2.28. The summed E-state index contributed by atoms with van der Waals surface area (Å²) in [6, 6.07) is 0.266. The summed E-state index contributed by atoms with van der Waals surface area (Å²) in [4.78, 5) is 46.0. The highest BCUT2D eigenvalue weighted by Gasteiger charge is 2.43. The molecule has 208 valence electrons. The number of aryl methyl sites for hydroxylation is 1. The molecule has 1 aromatic carbocycles. The van der Waals surface area contributed by atoms with Gasteiger partial charge in [-0.2, -0.15) is 23.3 Å². The monoisotopic (exact) mass is 548 g/mol. The lowest BCUT2D eigenvalue weighted by molar-refractivity contribution is -0.161. The maximum atomic E-state index is 14.2. The number of hydrogen-bond acceptors (Lipinski definition) is 9. The molecule has 15 heteroatoms. The van der Waals surface area contributed by atoms with Crippen molar-refractivity contribution in [2.75, 3.05) is 0 Å². The molecule has 2 amide bonds. The van der Waals surface area contributed by atoms with Crippen molar-refractivity contribution >= 4 is 17.6 Å². The van der Waals surface area contributed by atoms with Crippen molar-refractivity contribution in [3.8, 4) is 11.4 Å². The Balaban J connectivity index is 1.55. The fourth-order valence-electron chi connectivity index (χ4n) is 3.83. The molecule has 2 heterocycles. The Morgan fingerprint density at radius 1 is 1.15 bits per heavy atom. The fourth-order valence-corrected chi connectivity index (χ4v) is 3.83. The van der Waals surface area contributed by atoms with Gasteiger partial charge in [-0.15, -0.1) is 0 Å². The number of aromatic nitrogens is 5. The molecule has 12 nitrogen and oxygen atoms in total. The zero-order valence-corrected chi connectivity index (χ0v) is 21.1.